The minimum atomic E-state index is -0.183. The van der Waals surface area contributed by atoms with E-state index in [0.29, 0.717) is 27.9 Å². The zero-order chi connectivity index (χ0) is 20.4. The van der Waals surface area contributed by atoms with Crippen molar-refractivity contribution in [2.45, 2.75) is 6.54 Å². The lowest BCUT2D eigenvalue weighted by Gasteiger charge is -2.01. The van der Waals surface area contributed by atoms with Crippen molar-refractivity contribution in [1.29, 1.82) is 0 Å². The maximum absolute atomic E-state index is 12.5. The largest absolute Gasteiger partial charge is 0.453 e. The fraction of sp³-hybridized carbons (Fsp3) is 0.0435. The van der Waals surface area contributed by atoms with Gasteiger partial charge in [0.25, 0.3) is 0 Å². The highest BCUT2D eigenvalue weighted by atomic mass is 79.9. The van der Waals surface area contributed by atoms with Crippen LogP contribution >= 0.6 is 39.1 Å². The zero-order valence-corrected chi connectivity index (χ0v) is 18.2. The fourth-order valence-electron chi connectivity index (χ4n) is 2.98. The minimum absolute atomic E-state index is 0.183. The number of pyridine rings is 1. The van der Waals surface area contributed by atoms with E-state index in [-0.39, 0.29) is 5.78 Å². The highest BCUT2D eigenvalue weighted by molar-refractivity contribution is 9.10. The summed E-state index contributed by atoms with van der Waals surface area (Å²) >= 11 is 15.5. The first-order chi connectivity index (χ1) is 14.0. The van der Waals surface area contributed by atoms with Crippen LogP contribution in [0.25, 0.3) is 17.0 Å². The summed E-state index contributed by atoms with van der Waals surface area (Å²) in [5.74, 6) is 0.131. The summed E-state index contributed by atoms with van der Waals surface area (Å²) in [5.41, 5.74) is 2.62. The predicted molar refractivity (Wildman–Crippen MR) is 119 cm³/mol. The van der Waals surface area contributed by atoms with Gasteiger partial charge >= 0.3 is 0 Å². The van der Waals surface area contributed by atoms with Crippen LogP contribution in [0.5, 0.6) is 0 Å². The molecule has 0 N–H and O–H groups in total. The monoisotopic (exact) mass is 486 g/mol. The van der Waals surface area contributed by atoms with Gasteiger partial charge in [-0.05, 0) is 54.6 Å². The number of carbonyl (C=O) groups is 1. The topological polar surface area (TPSA) is 34.1 Å². The molecule has 0 amide bonds. The fourth-order valence-corrected chi connectivity index (χ4v) is 3.68. The van der Waals surface area contributed by atoms with Gasteiger partial charge in [0.1, 0.15) is 5.58 Å². The number of aromatic nitrogens is 1. The van der Waals surface area contributed by atoms with E-state index in [1.807, 2.05) is 59.4 Å². The molecule has 144 valence electrons. The molecule has 29 heavy (non-hydrogen) atoms. The van der Waals surface area contributed by atoms with Crippen LogP contribution in [0, 0.1) is 0 Å². The Labute approximate surface area is 186 Å². The average molecular weight is 488 g/mol. The molecule has 2 aromatic carbocycles. The third-order valence-electron chi connectivity index (χ3n) is 4.38. The molecule has 0 radical (unpaired) electrons. The Kier molecular flexibility index (Phi) is 5.86. The number of allylic oxidation sites excluding steroid dienone is 1. The summed E-state index contributed by atoms with van der Waals surface area (Å²) in [6, 6.07) is 16.8. The van der Waals surface area contributed by atoms with Gasteiger partial charge in [0.2, 0.25) is 5.78 Å². The number of furan rings is 1. The highest BCUT2D eigenvalue weighted by Crippen LogP contribution is 2.24. The third kappa shape index (κ3) is 4.78. The Hall–Kier alpha value is -2.40. The number of carbonyl (C=O) groups excluding carboxylic acids is 1. The Morgan fingerprint density at radius 1 is 1.07 bits per heavy atom. The van der Waals surface area contributed by atoms with E-state index < -0.39 is 0 Å². The number of ketones is 1. The van der Waals surface area contributed by atoms with E-state index in [9.17, 15) is 4.79 Å². The number of hydrogen-bond donors (Lipinski definition) is 0. The second-order valence-corrected chi connectivity index (χ2v) is 8.28. The predicted octanol–water partition coefficient (Wildman–Crippen LogP) is 6.73. The number of fused-ring (bicyclic) bond motifs is 1. The van der Waals surface area contributed by atoms with E-state index in [1.54, 1.807) is 18.2 Å². The van der Waals surface area contributed by atoms with Crippen LogP contribution < -0.4 is 4.57 Å². The number of rotatable bonds is 5. The van der Waals surface area contributed by atoms with Gasteiger partial charge in [-0.15, -0.1) is 0 Å². The van der Waals surface area contributed by atoms with Crippen LogP contribution in [0.15, 0.2) is 82.0 Å². The van der Waals surface area contributed by atoms with E-state index in [0.717, 1.165) is 21.0 Å². The molecule has 0 unspecified atom stereocenters. The van der Waals surface area contributed by atoms with Crippen LogP contribution in [0.2, 0.25) is 10.0 Å². The molecular formula is C23H15BrCl2NO2+. The molecule has 0 fully saturated rings. The molecule has 2 heterocycles. The van der Waals surface area contributed by atoms with Crippen LogP contribution in [-0.2, 0) is 6.54 Å². The van der Waals surface area contributed by atoms with Crippen LogP contribution in [0.4, 0.5) is 0 Å². The molecule has 0 spiro atoms. The molecular weight excluding hydrogens is 473 g/mol. The Morgan fingerprint density at radius 2 is 1.93 bits per heavy atom. The molecule has 0 aliphatic heterocycles. The Morgan fingerprint density at radius 3 is 2.76 bits per heavy atom. The van der Waals surface area contributed by atoms with Gasteiger partial charge in [0.05, 0.1) is 10.0 Å². The SMILES string of the molecule is O=C(/C=C/c1ccc[n+](Cc2ccc(Cl)c(Cl)c2)c1)c1cc2cc(Br)ccc2o1. The molecule has 4 rings (SSSR count). The first kappa shape index (κ1) is 19.9. The van der Waals surface area contributed by atoms with Crippen molar-refractivity contribution < 1.29 is 13.8 Å². The van der Waals surface area contributed by atoms with Gasteiger partial charge in [-0.3, -0.25) is 4.79 Å². The molecule has 0 saturated heterocycles. The van der Waals surface area contributed by atoms with Gasteiger partial charge in [0.15, 0.2) is 24.7 Å². The smallest absolute Gasteiger partial charge is 0.221 e. The lowest BCUT2D eigenvalue weighted by molar-refractivity contribution is -0.688. The molecule has 4 aromatic rings. The molecule has 2 aromatic heterocycles. The summed E-state index contributed by atoms with van der Waals surface area (Å²) < 4.78 is 8.60. The summed E-state index contributed by atoms with van der Waals surface area (Å²) in [5, 5.41) is 1.95. The summed E-state index contributed by atoms with van der Waals surface area (Å²) in [6.07, 6.45) is 7.21. The Balaban J connectivity index is 1.51. The maximum Gasteiger partial charge on any atom is 0.221 e. The first-order valence-electron chi connectivity index (χ1n) is 8.82. The third-order valence-corrected chi connectivity index (χ3v) is 5.61. The van der Waals surface area contributed by atoms with Crippen LogP contribution in [0.3, 0.4) is 0 Å². The average Bonchev–Trinajstić information content (AvgIpc) is 3.12. The lowest BCUT2D eigenvalue weighted by atomic mass is 10.2. The van der Waals surface area contributed by atoms with Gasteiger partial charge < -0.3 is 4.42 Å². The molecule has 0 atom stereocenters. The Bertz CT molecular complexity index is 1250. The summed E-state index contributed by atoms with van der Waals surface area (Å²) in [6.45, 7) is 0.644. The normalized spacial score (nSPS) is 11.4. The van der Waals surface area contributed by atoms with E-state index >= 15 is 0 Å². The van der Waals surface area contributed by atoms with Crippen molar-refractivity contribution in [3.8, 4) is 0 Å². The van der Waals surface area contributed by atoms with Crippen molar-refractivity contribution in [3.63, 3.8) is 0 Å². The number of benzene rings is 2. The van der Waals surface area contributed by atoms with Crippen molar-refractivity contribution in [1.82, 2.24) is 0 Å². The summed E-state index contributed by atoms with van der Waals surface area (Å²) in [4.78, 5) is 12.5. The van der Waals surface area contributed by atoms with Gasteiger partial charge in [-0.1, -0.05) is 45.2 Å². The van der Waals surface area contributed by atoms with Crippen molar-refractivity contribution in [2.24, 2.45) is 0 Å². The molecule has 0 bridgehead atoms. The zero-order valence-electron chi connectivity index (χ0n) is 15.1. The van der Waals surface area contributed by atoms with E-state index in [1.165, 1.54) is 6.08 Å². The van der Waals surface area contributed by atoms with E-state index in [2.05, 4.69) is 15.9 Å². The van der Waals surface area contributed by atoms with E-state index in [4.69, 9.17) is 27.6 Å². The molecule has 0 aliphatic rings. The lowest BCUT2D eigenvalue weighted by Crippen LogP contribution is -2.33. The minimum Gasteiger partial charge on any atom is -0.453 e. The summed E-state index contributed by atoms with van der Waals surface area (Å²) in [7, 11) is 0. The van der Waals surface area contributed by atoms with Crippen molar-refractivity contribution >= 4 is 62.0 Å². The van der Waals surface area contributed by atoms with Crippen LogP contribution in [-0.4, -0.2) is 5.78 Å². The van der Waals surface area contributed by atoms with Gasteiger partial charge in [-0.25, -0.2) is 4.57 Å². The number of nitrogens with zero attached hydrogens (tertiary/aromatic N) is 1. The van der Waals surface area contributed by atoms with Gasteiger partial charge in [-0.2, -0.15) is 0 Å². The highest BCUT2D eigenvalue weighted by Gasteiger charge is 2.11. The quantitative estimate of drug-likeness (QED) is 0.177. The van der Waals surface area contributed by atoms with Crippen LogP contribution in [0.1, 0.15) is 21.7 Å². The maximum atomic E-state index is 12.5. The van der Waals surface area contributed by atoms with Crippen molar-refractivity contribution in [3.05, 3.63) is 104 Å². The van der Waals surface area contributed by atoms with Crippen molar-refractivity contribution in [2.75, 3.05) is 0 Å². The standard InChI is InChI=1S/C23H15BrCl2NO2/c24-18-5-8-22-17(11-18)12-23(29-22)21(28)7-4-15-2-1-9-27(13-15)14-16-3-6-19(25)20(26)10-16/h1-13H,14H2/q+1/b7-4+. The number of halogens is 3. The van der Waals surface area contributed by atoms with Gasteiger partial charge in [0, 0.05) is 27.1 Å². The second-order valence-electron chi connectivity index (χ2n) is 6.55. The second kappa shape index (κ2) is 8.54. The first-order valence-corrected chi connectivity index (χ1v) is 10.4. The molecule has 6 heteroatoms. The number of hydrogen-bond acceptors (Lipinski definition) is 2. The molecule has 3 nitrogen and oxygen atoms in total. The molecule has 0 saturated carbocycles. The molecule has 0 aliphatic carbocycles.